The number of nitrogens with one attached hydrogen (secondary N) is 1. The van der Waals surface area contributed by atoms with E-state index >= 15 is 0 Å². The fraction of sp³-hybridized carbons (Fsp3) is 0.391. The molecule has 166 valence electrons. The van der Waals surface area contributed by atoms with Gasteiger partial charge in [-0.25, -0.2) is 0 Å². The number of rotatable bonds is 9. The van der Waals surface area contributed by atoms with E-state index in [-0.39, 0.29) is 24.2 Å². The SMILES string of the molecule is COc1ccc(CCN2CC(C(=O)NCCc3ccc(Cl)cc3Cl)CC2=O)cc1OC. The molecule has 0 bridgehead atoms. The minimum Gasteiger partial charge on any atom is -0.493 e. The van der Waals surface area contributed by atoms with Crippen molar-refractivity contribution in [2.24, 2.45) is 5.92 Å². The standard InChI is InChI=1S/C23H26Cl2N2O4/c1-30-20-6-3-15(11-21(20)31-2)8-10-27-14-17(12-22(27)28)23(29)26-9-7-16-4-5-18(24)13-19(16)25/h3-6,11,13,17H,7-10,12,14H2,1-2H3,(H,26,29). The van der Waals surface area contributed by atoms with Crippen LogP contribution in [-0.4, -0.2) is 50.6 Å². The number of methoxy groups -OCH3 is 2. The first kappa shape index (κ1) is 23.2. The Bertz CT molecular complexity index is 951. The van der Waals surface area contributed by atoms with Gasteiger partial charge < -0.3 is 19.7 Å². The summed E-state index contributed by atoms with van der Waals surface area (Å²) in [5.74, 6) is 0.887. The van der Waals surface area contributed by atoms with Gasteiger partial charge in [-0.15, -0.1) is 0 Å². The highest BCUT2D eigenvalue weighted by Crippen LogP contribution is 2.28. The van der Waals surface area contributed by atoms with Gasteiger partial charge in [0.2, 0.25) is 11.8 Å². The van der Waals surface area contributed by atoms with E-state index in [1.807, 2.05) is 24.3 Å². The molecular formula is C23H26Cl2N2O4. The summed E-state index contributed by atoms with van der Waals surface area (Å²) in [6.07, 6.45) is 1.51. The second-order valence-corrected chi connectivity index (χ2v) is 8.30. The Labute approximate surface area is 192 Å². The van der Waals surface area contributed by atoms with Gasteiger partial charge in [0.05, 0.1) is 20.1 Å². The van der Waals surface area contributed by atoms with Crippen molar-refractivity contribution in [2.45, 2.75) is 19.3 Å². The molecule has 6 nitrogen and oxygen atoms in total. The summed E-state index contributed by atoms with van der Waals surface area (Å²) in [6, 6.07) is 11.0. The van der Waals surface area contributed by atoms with Crippen LogP contribution >= 0.6 is 23.2 Å². The molecule has 1 aliphatic rings. The third-order valence-corrected chi connectivity index (χ3v) is 6.00. The van der Waals surface area contributed by atoms with Gasteiger partial charge in [0, 0.05) is 36.1 Å². The van der Waals surface area contributed by atoms with Crippen LogP contribution < -0.4 is 14.8 Å². The molecule has 0 saturated carbocycles. The molecular weight excluding hydrogens is 439 g/mol. The van der Waals surface area contributed by atoms with Crippen molar-refractivity contribution < 1.29 is 19.1 Å². The predicted molar refractivity (Wildman–Crippen MR) is 121 cm³/mol. The molecule has 1 unspecified atom stereocenters. The van der Waals surface area contributed by atoms with Crippen molar-refractivity contribution in [3.63, 3.8) is 0 Å². The van der Waals surface area contributed by atoms with Crippen LogP contribution in [0.25, 0.3) is 0 Å². The van der Waals surface area contributed by atoms with E-state index in [9.17, 15) is 9.59 Å². The van der Waals surface area contributed by atoms with Crippen LogP contribution in [0.5, 0.6) is 11.5 Å². The first-order chi connectivity index (χ1) is 14.9. The van der Waals surface area contributed by atoms with Crippen LogP contribution in [-0.2, 0) is 22.4 Å². The van der Waals surface area contributed by atoms with Gasteiger partial charge in [-0.3, -0.25) is 9.59 Å². The minimum absolute atomic E-state index is 0.00127. The molecule has 2 aromatic carbocycles. The third kappa shape index (κ3) is 6.05. The number of benzene rings is 2. The Kier molecular flexibility index (Phi) is 8.04. The van der Waals surface area contributed by atoms with E-state index < -0.39 is 0 Å². The number of carbonyl (C=O) groups excluding carboxylic acids is 2. The fourth-order valence-corrected chi connectivity index (χ4v) is 4.16. The lowest BCUT2D eigenvalue weighted by molar-refractivity contribution is -0.129. The molecule has 1 heterocycles. The van der Waals surface area contributed by atoms with E-state index in [2.05, 4.69) is 5.32 Å². The summed E-state index contributed by atoms with van der Waals surface area (Å²) < 4.78 is 10.6. The topological polar surface area (TPSA) is 67.9 Å². The zero-order valence-corrected chi connectivity index (χ0v) is 19.1. The van der Waals surface area contributed by atoms with Crippen LogP contribution in [0.1, 0.15) is 17.5 Å². The van der Waals surface area contributed by atoms with E-state index in [1.165, 1.54) is 0 Å². The molecule has 1 atom stereocenters. The zero-order chi connectivity index (χ0) is 22.4. The van der Waals surface area contributed by atoms with Crippen molar-refractivity contribution in [1.29, 1.82) is 0 Å². The number of likely N-dealkylation sites (tertiary alicyclic amines) is 1. The molecule has 1 N–H and O–H groups in total. The van der Waals surface area contributed by atoms with Crippen molar-refractivity contribution in [2.75, 3.05) is 33.9 Å². The Balaban J connectivity index is 1.47. The van der Waals surface area contributed by atoms with Gasteiger partial charge >= 0.3 is 0 Å². The molecule has 1 aliphatic heterocycles. The second-order valence-electron chi connectivity index (χ2n) is 7.46. The van der Waals surface area contributed by atoms with Gasteiger partial charge in [0.15, 0.2) is 11.5 Å². The molecule has 1 fully saturated rings. The molecule has 1 saturated heterocycles. The molecule has 3 rings (SSSR count). The first-order valence-electron chi connectivity index (χ1n) is 10.1. The van der Waals surface area contributed by atoms with Crippen LogP contribution in [0, 0.1) is 5.92 Å². The summed E-state index contributed by atoms with van der Waals surface area (Å²) in [5, 5.41) is 4.08. The Morgan fingerprint density at radius 2 is 1.87 bits per heavy atom. The summed E-state index contributed by atoms with van der Waals surface area (Å²) in [5.41, 5.74) is 1.96. The molecule has 0 spiro atoms. The van der Waals surface area contributed by atoms with Gasteiger partial charge in [0.1, 0.15) is 0 Å². The average molecular weight is 465 g/mol. The highest BCUT2D eigenvalue weighted by molar-refractivity contribution is 6.35. The predicted octanol–water partition coefficient (Wildman–Crippen LogP) is 3.76. The van der Waals surface area contributed by atoms with E-state index in [4.69, 9.17) is 32.7 Å². The highest BCUT2D eigenvalue weighted by Gasteiger charge is 2.33. The third-order valence-electron chi connectivity index (χ3n) is 5.41. The summed E-state index contributed by atoms with van der Waals surface area (Å²) >= 11 is 12.1. The molecule has 31 heavy (non-hydrogen) atoms. The number of nitrogens with zero attached hydrogens (tertiary/aromatic N) is 1. The van der Waals surface area contributed by atoms with Crippen molar-refractivity contribution in [3.8, 4) is 11.5 Å². The summed E-state index contributed by atoms with van der Waals surface area (Å²) in [7, 11) is 3.19. The lowest BCUT2D eigenvalue weighted by Crippen LogP contribution is -2.34. The van der Waals surface area contributed by atoms with E-state index in [0.717, 1.165) is 11.1 Å². The average Bonchev–Trinajstić information content (AvgIpc) is 3.14. The normalized spacial score (nSPS) is 15.8. The molecule has 0 aliphatic carbocycles. The maximum absolute atomic E-state index is 12.5. The first-order valence-corrected chi connectivity index (χ1v) is 10.9. The van der Waals surface area contributed by atoms with Gasteiger partial charge in [-0.05, 0) is 48.2 Å². The highest BCUT2D eigenvalue weighted by atomic mass is 35.5. The number of halogens is 2. The number of hydrogen-bond acceptors (Lipinski definition) is 4. The number of ether oxygens (including phenoxy) is 2. The molecule has 2 aromatic rings. The Morgan fingerprint density at radius 1 is 1.10 bits per heavy atom. The molecule has 0 radical (unpaired) electrons. The van der Waals surface area contributed by atoms with Gasteiger partial charge in [-0.2, -0.15) is 0 Å². The molecule has 8 heteroatoms. The van der Waals surface area contributed by atoms with E-state index in [1.54, 1.807) is 31.3 Å². The minimum atomic E-state index is -0.335. The van der Waals surface area contributed by atoms with E-state index in [0.29, 0.717) is 54.0 Å². The smallest absolute Gasteiger partial charge is 0.225 e. The van der Waals surface area contributed by atoms with Crippen molar-refractivity contribution >= 4 is 35.0 Å². The number of carbonyl (C=O) groups is 2. The lowest BCUT2D eigenvalue weighted by atomic mass is 10.1. The maximum Gasteiger partial charge on any atom is 0.225 e. The number of hydrogen-bond donors (Lipinski definition) is 1. The Hall–Kier alpha value is -2.44. The monoisotopic (exact) mass is 464 g/mol. The van der Waals surface area contributed by atoms with Crippen LogP contribution in [0.2, 0.25) is 10.0 Å². The summed E-state index contributed by atoms with van der Waals surface area (Å²) in [6.45, 7) is 1.44. The fourth-order valence-electron chi connectivity index (χ4n) is 3.65. The summed E-state index contributed by atoms with van der Waals surface area (Å²) in [4.78, 5) is 26.6. The van der Waals surface area contributed by atoms with Crippen molar-refractivity contribution in [1.82, 2.24) is 10.2 Å². The number of amides is 2. The largest absolute Gasteiger partial charge is 0.493 e. The lowest BCUT2D eigenvalue weighted by Gasteiger charge is -2.17. The molecule has 2 amide bonds. The van der Waals surface area contributed by atoms with Gasteiger partial charge in [0.25, 0.3) is 0 Å². The molecule has 0 aromatic heterocycles. The zero-order valence-electron chi connectivity index (χ0n) is 17.6. The maximum atomic E-state index is 12.5. The van der Waals surface area contributed by atoms with Gasteiger partial charge in [-0.1, -0.05) is 35.3 Å². The second kappa shape index (κ2) is 10.7. The van der Waals surface area contributed by atoms with Crippen molar-refractivity contribution in [3.05, 3.63) is 57.6 Å². The quantitative estimate of drug-likeness (QED) is 0.613. The Morgan fingerprint density at radius 3 is 2.58 bits per heavy atom. The van der Waals surface area contributed by atoms with Crippen LogP contribution in [0.3, 0.4) is 0 Å². The van der Waals surface area contributed by atoms with Crippen LogP contribution in [0.15, 0.2) is 36.4 Å². The van der Waals surface area contributed by atoms with Crippen LogP contribution in [0.4, 0.5) is 0 Å².